The number of hydrogen-bond donors (Lipinski definition) is 2. The van der Waals surface area contributed by atoms with E-state index in [1.54, 1.807) is 6.07 Å². The van der Waals surface area contributed by atoms with E-state index in [-0.39, 0.29) is 23.9 Å². The molecule has 0 aliphatic heterocycles. The molecular weight excluding hydrogens is 281 g/mol. The largest absolute Gasteiger partial charge is 0.396 e. The lowest BCUT2D eigenvalue weighted by molar-refractivity contribution is 0.273. The molecule has 112 valence electrons. The van der Waals surface area contributed by atoms with Crippen molar-refractivity contribution in [2.75, 3.05) is 6.61 Å². The summed E-state index contributed by atoms with van der Waals surface area (Å²) >= 11 is 0. The second-order valence-electron chi connectivity index (χ2n) is 5.45. The minimum Gasteiger partial charge on any atom is -0.396 e. The number of rotatable bonds is 3. The molecule has 3 rings (SSSR count). The molecule has 3 nitrogen and oxygen atoms in total. The number of nitrogens with one attached hydrogen (secondary N) is 1. The van der Waals surface area contributed by atoms with E-state index in [0.29, 0.717) is 16.5 Å². The van der Waals surface area contributed by atoms with E-state index in [9.17, 15) is 14.3 Å². The Morgan fingerprint density at radius 1 is 1.14 bits per heavy atom. The number of H-pyrrole nitrogens is 1. The Labute approximate surface area is 127 Å². The van der Waals surface area contributed by atoms with Crippen LogP contribution in [0.1, 0.15) is 18.4 Å². The predicted octanol–water partition coefficient (Wildman–Crippen LogP) is 3.43. The molecule has 1 aromatic heterocycles. The van der Waals surface area contributed by atoms with Gasteiger partial charge in [-0.15, -0.1) is 0 Å². The van der Waals surface area contributed by atoms with Crippen molar-refractivity contribution in [1.82, 2.24) is 4.98 Å². The lowest BCUT2D eigenvalue weighted by Crippen LogP contribution is -2.07. The van der Waals surface area contributed by atoms with E-state index < -0.39 is 0 Å². The smallest absolute Gasteiger partial charge is 0.256 e. The van der Waals surface area contributed by atoms with Crippen LogP contribution in [0.2, 0.25) is 0 Å². The van der Waals surface area contributed by atoms with Gasteiger partial charge in [0, 0.05) is 23.6 Å². The Bertz CT molecular complexity index is 868. The number of pyridine rings is 1. The van der Waals surface area contributed by atoms with Gasteiger partial charge in [-0.3, -0.25) is 4.79 Å². The van der Waals surface area contributed by atoms with Gasteiger partial charge in [-0.25, -0.2) is 4.39 Å². The minimum absolute atomic E-state index is 0.0683. The molecule has 4 heteroatoms. The number of aromatic amines is 1. The van der Waals surface area contributed by atoms with Crippen LogP contribution in [0.4, 0.5) is 4.39 Å². The summed E-state index contributed by atoms with van der Waals surface area (Å²) in [6, 6.07) is 13.5. The van der Waals surface area contributed by atoms with E-state index in [4.69, 9.17) is 0 Å². The molecule has 0 aliphatic rings. The van der Waals surface area contributed by atoms with Crippen LogP contribution in [-0.4, -0.2) is 16.7 Å². The third-order valence-corrected chi connectivity index (χ3v) is 3.87. The first-order chi connectivity index (χ1) is 10.6. The number of aromatic nitrogens is 1. The lowest BCUT2D eigenvalue weighted by atomic mass is 9.99. The fraction of sp³-hybridized carbons (Fsp3) is 0.167. The second-order valence-corrected chi connectivity index (χ2v) is 5.45. The molecule has 0 spiro atoms. The first-order valence-electron chi connectivity index (χ1n) is 7.12. The van der Waals surface area contributed by atoms with Gasteiger partial charge in [0.25, 0.3) is 5.56 Å². The zero-order valence-electron chi connectivity index (χ0n) is 12.1. The minimum atomic E-state index is -0.365. The average molecular weight is 297 g/mol. The number of benzene rings is 2. The zero-order chi connectivity index (χ0) is 15.7. The molecule has 0 fully saturated rings. The summed E-state index contributed by atoms with van der Waals surface area (Å²) in [5, 5.41) is 10.2. The Morgan fingerprint density at radius 2 is 1.86 bits per heavy atom. The molecule has 0 amide bonds. The number of fused-ring (bicyclic) bond motifs is 1. The summed E-state index contributed by atoms with van der Waals surface area (Å²) in [5.74, 6) is -0.296. The predicted molar refractivity (Wildman–Crippen MR) is 85.5 cm³/mol. The van der Waals surface area contributed by atoms with Gasteiger partial charge in [-0.2, -0.15) is 0 Å². The molecule has 0 radical (unpaired) electrons. The van der Waals surface area contributed by atoms with Crippen LogP contribution >= 0.6 is 0 Å². The molecule has 22 heavy (non-hydrogen) atoms. The highest BCUT2D eigenvalue weighted by Crippen LogP contribution is 2.23. The monoisotopic (exact) mass is 297 g/mol. The van der Waals surface area contributed by atoms with Gasteiger partial charge in [0.05, 0.1) is 0 Å². The first-order valence-corrected chi connectivity index (χ1v) is 7.12. The molecular formula is C18H16FNO2. The van der Waals surface area contributed by atoms with Crippen LogP contribution in [0.3, 0.4) is 0 Å². The van der Waals surface area contributed by atoms with Crippen molar-refractivity contribution in [1.29, 1.82) is 0 Å². The summed E-state index contributed by atoms with van der Waals surface area (Å²) in [5.41, 5.74) is 2.28. The number of aliphatic hydroxyl groups excluding tert-OH is 1. The topological polar surface area (TPSA) is 53.1 Å². The second kappa shape index (κ2) is 5.73. The average Bonchev–Trinajstić information content (AvgIpc) is 2.53. The maximum Gasteiger partial charge on any atom is 0.256 e. The highest BCUT2D eigenvalue weighted by Gasteiger charge is 2.07. The molecule has 1 unspecified atom stereocenters. The van der Waals surface area contributed by atoms with Gasteiger partial charge < -0.3 is 10.1 Å². The van der Waals surface area contributed by atoms with Crippen molar-refractivity contribution < 1.29 is 9.50 Å². The molecule has 0 aliphatic carbocycles. The summed E-state index contributed by atoms with van der Waals surface area (Å²) < 4.78 is 13.3. The Hall–Kier alpha value is -2.46. The quantitative estimate of drug-likeness (QED) is 0.778. The Balaban J connectivity index is 2.08. The molecule has 2 aromatic carbocycles. The van der Waals surface area contributed by atoms with Crippen molar-refractivity contribution in [2.24, 2.45) is 0 Å². The van der Waals surface area contributed by atoms with E-state index in [1.807, 2.05) is 31.2 Å². The number of aliphatic hydroxyl groups is 1. The van der Waals surface area contributed by atoms with E-state index in [2.05, 4.69) is 4.98 Å². The van der Waals surface area contributed by atoms with E-state index in [0.717, 1.165) is 11.1 Å². The van der Waals surface area contributed by atoms with E-state index in [1.165, 1.54) is 18.2 Å². The third-order valence-electron chi connectivity index (χ3n) is 3.87. The normalized spacial score (nSPS) is 12.5. The molecule has 3 aromatic rings. The van der Waals surface area contributed by atoms with Gasteiger partial charge in [-0.1, -0.05) is 31.2 Å². The third kappa shape index (κ3) is 2.65. The lowest BCUT2D eigenvalue weighted by Gasteiger charge is -2.09. The Kier molecular flexibility index (Phi) is 3.77. The summed E-state index contributed by atoms with van der Waals surface area (Å²) in [6.45, 7) is 2.03. The highest BCUT2D eigenvalue weighted by atomic mass is 19.1. The van der Waals surface area contributed by atoms with Gasteiger partial charge in [-0.05, 0) is 40.8 Å². The summed E-state index contributed by atoms with van der Waals surface area (Å²) in [6.07, 6.45) is 0. The van der Waals surface area contributed by atoms with Gasteiger partial charge in [0.15, 0.2) is 0 Å². The first kappa shape index (κ1) is 14.5. The molecule has 1 atom stereocenters. The van der Waals surface area contributed by atoms with Gasteiger partial charge in [0.1, 0.15) is 5.82 Å². The molecule has 0 bridgehead atoms. The SMILES string of the molecule is CC(CO)c1ccc(-c2cc3cc(F)ccc3c(=O)[nH]2)cc1. The fourth-order valence-corrected chi connectivity index (χ4v) is 2.49. The van der Waals surface area contributed by atoms with Crippen LogP contribution in [0.15, 0.2) is 53.3 Å². The van der Waals surface area contributed by atoms with E-state index >= 15 is 0 Å². The summed E-state index contributed by atoms with van der Waals surface area (Å²) in [7, 11) is 0. The van der Waals surface area contributed by atoms with Crippen molar-refractivity contribution >= 4 is 10.8 Å². The van der Waals surface area contributed by atoms with Crippen LogP contribution in [0.25, 0.3) is 22.0 Å². The summed E-state index contributed by atoms with van der Waals surface area (Å²) in [4.78, 5) is 14.9. The number of hydrogen-bond acceptors (Lipinski definition) is 2. The van der Waals surface area contributed by atoms with Crippen LogP contribution in [0, 0.1) is 5.82 Å². The van der Waals surface area contributed by atoms with Crippen LogP contribution < -0.4 is 5.56 Å². The van der Waals surface area contributed by atoms with Crippen molar-refractivity contribution in [3.8, 4) is 11.3 Å². The molecule has 1 heterocycles. The van der Waals surface area contributed by atoms with Crippen molar-refractivity contribution in [2.45, 2.75) is 12.8 Å². The maximum atomic E-state index is 13.3. The highest BCUT2D eigenvalue weighted by molar-refractivity contribution is 5.85. The van der Waals surface area contributed by atoms with Crippen molar-refractivity contribution in [3.05, 3.63) is 70.3 Å². The van der Waals surface area contributed by atoms with Gasteiger partial charge in [0.2, 0.25) is 0 Å². The Morgan fingerprint density at radius 3 is 2.55 bits per heavy atom. The molecule has 2 N–H and O–H groups in total. The fourth-order valence-electron chi connectivity index (χ4n) is 2.49. The number of halogens is 1. The van der Waals surface area contributed by atoms with Crippen LogP contribution in [0.5, 0.6) is 0 Å². The van der Waals surface area contributed by atoms with Crippen LogP contribution in [-0.2, 0) is 0 Å². The standard InChI is InChI=1S/C18H16FNO2/c1-11(10-21)12-2-4-13(5-3-12)17-9-14-8-15(19)6-7-16(14)18(22)20-17/h2-9,11,21H,10H2,1H3,(H,20,22). The maximum absolute atomic E-state index is 13.3. The molecule has 0 saturated heterocycles. The van der Waals surface area contributed by atoms with Gasteiger partial charge >= 0.3 is 0 Å². The molecule has 0 saturated carbocycles. The van der Waals surface area contributed by atoms with Crippen molar-refractivity contribution in [3.63, 3.8) is 0 Å². The zero-order valence-corrected chi connectivity index (χ0v) is 12.1.